The zero-order valence-corrected chi connectivity index (χ0v) is 9.78. The zero-order chi connectivity index (χ0) is 11.5. The molecule has 1 aromatic rings. The number of nitrogens with two attached hydrogens (primary N) is 1. The second-order valence-electron chi connectivity index (χ2n) is 4.42. The van der Waals surface area contributed by atoms with Gasteiger partial charge in [0.15, 0.2) is 0 Å². The van der Waals surface area contributed by atoms with Crippen LogP contribution in [0.5, 0.6) is 5.75 Å². The second kappa shape index (κ2) is 4.71. The number of hydrogen-bond acceptors (Lipinski definition) is 2. The van der Waals surface area contributed by atoms with Gasteiger partial charge in [-0.15, -0.1) is 0 Å². The van der Waals surface area contributed by atoms with Crippen LogP contribution in [0.3, 0.4) is 0 Å². The van der Waals surface area contributed by atoms with Gasteiger partial charge in [-0.3, -0.25) is 0 Å². The number of rotatable bonds is 3. The van der Waals surface area contributed by atoms with Gasteiger partial charge >= 0.3 is 0 Å². The fourth-order valence-electron chi connectivity index (χ4n) is 2.15. The fourth-order valence-corrected chi connectivity index (χ4v) is 2.15. The topological polar surface area (TPSA) is 35.2 Å². The molecule has 0 radical (unpaired) electrons. The number of hydrogen-bond donors (Lipinski definition) is 1. The summed E-state index contributed by atoms with van der Waals surface area (Å²) in [6, 6.07) is 6.42. The third-order valence-electron chi connectivity index (χ3n) is 3.13. The molecule has 2 atom stereocenters. The zero-order valence-electron chi connectivity index (χ0n) is 9.78. The minimum Gasteiger partial charge on any atom is -0.487 e. The molecule has 0 saturated carbocycles. The summed E-state index contributed by atoms with van der Waals surface area (Å²) in [7, 11) is 0. The lowest BCUT2D eigenvalue weighted by Gasteiger charge is -2.23. The van der Waals surface area contributed by atoms with Gasteiger partial charge < -0.3 is 10.5 Å². The molecule has 2 nitrogen and oxygen atoms in total. The molecule has 86 valence electrons. The molecule has 0 saturated heterocycles. The van der Waals surface area contributed by atoms with Crippen LogP contribution in [-0.2, 0) is 6.42 Å². The summed E-state index contributed by atoms with van der Waals surface area (Å²) < 4.78 is 5.70. The average molecular weight is 217 g/mol. The number of ether oxygens (including phenoxy) is 1. The molecule has 0 amide bonds. The summed E-state index contributed by atoms with van der Waals surface area (Å²) in [5.74, 6) is 0.892. The molecule has 0 spiro atoms. The molecule has 0 bridgehead atoms. The normalized spacial score (nSPS) is 21.0. The van der Waals surface area contributed by atoms with Crippen molar-refractivity contribution in [1.29, 1.82) is 0 Å². The Kier molecular flexibility index (Phi) is 3.30. The fraction of sp³-hybridized carbons (Fsp3) is 0.429. The smallest absolute Gasteiger partial charge is 0.120 e. The third-order valence-corrected chi connectivity index (χ3v) is 3.13. The molecule has 2 heteroatoms. The van der Waals surface area contributed by atoms with Gasteiger partial charge in [0.25, 0.3) is 0 Å². The van der Waals surface area contributed by atoms with Gasteiger partial charge in [0.1, 0.15) is 11.9 Å². The Hall–Kier alpha value is -1.28. The van der Waals surface area contributed by atoms with Crippen LogP contribution in [0.4, 0.5) is 0 Å². The van der Waals surface area contributed by atoms with Crippen molar-refractivity contribution in [2.45, 2.75) is 38.3 Å². The average Bonchev–Trinajstić information content (AvgIpc) is 2.30. The van der Waals surface area contributed by atoms with Gasteiger partial charge in [-0.2, -0.15) is 0 Å². The lowest BCUT2D eigenvalue weighted by molar-refractivity contribution is 0.269. The Bertz CT molecular complexity index is 386. The van der Waals surface area contributed by atoms with Crippen LogP contribution in [0, 0.1) is 0 Å². The molecule has 2 rings (SSSR count). The van der Waals surface area contributed by atoms with Crippen LogP contribution in [-0.4, -0.2) is 6.10 Å². The first kappa shape index (κ1) is 11.2. The summed E-state index contributed by atoms with van der Waals surface area (Å²) in [5, 5.41) is 0. The molecule has 0 fully saturated rings. The molecule has 0 heterocycles. The Morgan fingerprint density at radius 2 is 2.38 bits per heavy atom. The number of benzene rings is 1. The van der Waals surface area contributed by atoms with E-state index in [2.05, 4.69) is 18.7 Å². The molecule has 1 aliphatic carbocycles. The molecule has 1 aromatic carbocycles. The Labute approximate surface area is 97.1 Å². The van der Waals surface area contributed by atoms with E-state index >= 15 is 0 Å². The predicted octanol–water partition coefficient (Wildman–Crippen LogP) is 2.98. The summed E-state index contributed by atoms with van der Waals surface area (Å²) in [4.78, 5) is 0. The molecule has 0 aromatic heterocycles. The molecule has 16 heavy (non-hydrogen) atoms. The maximum atomic E-state index is 6.10. The molecule has 1 unspecified atom stereocenters. The van der Waals surface area contributed by atoms with E-state index in [0.717, 1.165) is 18.6 Å². The van der Waals surface area contributed by atoms with Crippen molar-refractivity contribution < 1.29 is 4.74 Å². The lowest BCUT2D eigenvalue weighted by Crippen LogP contribution is -2.17. The predicted molar refractivity (Wildman–Crippen MR) is 66.6 cm³/mol. The van der Waals surface area contributed by atoms with Crippen LogP contribution in [0.15, 0.2) is 30.9 Å². The highest BCUT2D eigenvalue weighted by Crippen LogP contribution is 2.31. The van der Waals surface area contributed by atoms with Crippen LogP contribution in [0.2, 0.25) is 0 Å². The van der Waals surface area contributed by atoms with E-state index in [-0.39, 0.29) is 12.1 Å². The summed E-state index contributed by atoms with van der Waals surface area (Å²) in [5.41, 5.74) is 8.73. The van der Waals surface area contributed by atoms with E-state index < -0.39 is 0 Å². The summed E-state index contributed by atoms with van der Waals surface area (Å²) in [6.07, 6.45) is 5.24. The maximum absolute atomic E-state index is 6.10. The lowest BCUT2D eigenvalue weighted by atomic mass is 9.88. The minimum absolute atomic E-state index is 0.0397. The van der Waals surface area contributed by atoms with E-state index in [9.17, 15) is 0 Å². The van der Waals surface area contributed by atoms with E-state index in [1.54, 1.807) is 6.08 Å². The van der Waals surface area contributed by atoms with Crippen molar-refractivity contribution in [3.63, 3.8) is 0 Å². The second-order valence-corrected chi connectivity index (χ2v) is 4.42. The van der Waals surface area contributed by atoms with Gasteiger partial charge in [0.2, 0.25) is 0 Å². The van der Waals surface area contributed by atoms with E-state index in [4.69, 9.17) is 10.5 Å². The van der Waals surface area contributed by atoms with Crippen molar-refractivity contribution in [3.05, 3.63) is 42.0 Å². The van der Waals surface area contributed by atoms with Crippen molar-refractivity contribution in [2.24, 2.45) is 5.73 Å². The van der Waals surface area contributed by atoms with Gasteiger partial charge in [-0.05, 0) is 49.4 Å². The van der Waals surface area contributed by atoms with E-state index in [0.29, 0.717) is 0 Å². The highest BCUT2D eigenvalue weighted by atomic mass is 16.5. The Morgan fingerprint density at radius 1 is 1.56 bits per heavy atom. The Morgan fingerprint density at radius 3 is 3.12 bits per heavy atom. The van der Waals surface area contributed by atoms with Gasteiger partial charge in [-0.1, -0.05) is 18.7 Å². The summed E-state index contributed by atoms with van der Waals surface area (Å²) in [6.45, 7) is 5.69. The van der Waals surface area contributed by atoms with Crippen molar-refractivity contribution in [1.82, 2.24) is 0 Å². The third kappa shape index (κ3) is 2.27. The first-order chi connectivity index (χ1) is 7.70. The quantitative estimate of drug-likeness (QED) is 0.790. The van der Waals surface area contributed by atoms with Gasteiger partial charge in [-0.25, -0.2) is 0 Å². The number of aryl methyl sites for hydroxylation is 1. The standard InChI is InChI=1S/C14H19NO/c1-3-10(2)16-12-8-7-11-5-4-6-14(15)13(11)9-12/h3,7-10,14H,1,4-6,15H2,2H3/t10?,14-/m0/s1. The molecule has 1 aliphatic rings. The first-order valence-electron chi connectivity index (χ1n) is 5.88. The van der Waals surface area contributed by atoms with Crippen molar-refractivity contribution in [3.8, 4) is 5.75 Å². The molecule has 0 aliphatic heterocycles. The number of fused-ring (bicyclic) bond motifs is 1. The first-order valence-corrected chi connectivity index (χ1v) is 5.88. The highest BCUT2D eigenvalue weighted by Gasteiger charge is 2.17. The van der Waals surface area contributed by atoms with Crippen LogP contribution in [0.1, 0.15) is 36.9 Å². The van der Waals surface area contributed by atoms with E-state index in [1.165, 1.54) is 17.5 Å². The van der Waals surface area contributed by atoms with Gasteiger partial charge in [0.05, 0.1) is 0 Å². The van der Waals surface area contributed by atoms with Crippen LogP contribution >= 0.6 is 0 Å². The monoisotopic (exact) mass is 217 g/mol. The van der Waals surface area contributed by atoms with Crippen LogP contribution < -0.4 is 10.5 Å². The van der Waals surface area contributed by atoms with Crippen LogP contribution in [0.25, 0.3) is 0 Å². The highest BCUT2D eigenvalue weighted by molar-refractivity contribution is 5.39. The SMILES string of the molecule is C=CC(C)Oc1ccc2c(c1)[C@@H](N)CCC2. The van der Waals surface area contributed by atoms with Gasteiger partial charge in [0, 0.05) is 6.04 Å². The maximum Gasteiger partial charge on any atom is 0.120 e. The largest absolute Gasteiger partial charge is 0.487 e. The minimum atomic E-state index is 0.0397. The van der Waals surface area contributed by atoms with Crippen molar-refractivity contribution in [2.75, 3.05) is 0 Å². The molecular formula is C14H19NO. The summed E-state index contributed by atoms with van der Waals surface area (Å²) >= 11 is 0. The molecule has 2 N–H and O–H groups in total. The van der Waals surface area contributed by atoms with Crippen molar-refractivity contribution >= 4 is 0 Å². The molecular weight excluding hydrogens is 198 g/mol. The van der Waals surface area contributed by atoms with E-state index in [1.807, 2.05) is 13.0 Å². The Balaban J connectivity index is 2.23.